The van der Waals surface area contributed by atoms with Gasteiger partial charge in [0.2, 0.25) is 15.9 Å². The fraction of sp³-hybridized carbons (Fsp3) is 0.455. The van der Waals surface area contributed by atoms with E-state index in [0.717, 1.165) is 24.2 Å². The van der Waals surface area contributed by atoms with Crippen molar-refractivity contribution in [2.75, 3.05) is 42.5 Å². The standard InChI is InChI=1S/C22H26F3N5O3S/c1-15-11-16-12-18(34(26,32)33)4-5-19(16)30(15)21(31)14-28-7-2-8-29(10-9-28)20-6-3-17(13-27-20)22(23,24)25/h3-6,12-13,15H,2,7-11,14H2,1H3,(H2,26,32,33). The highest BCUT2D eigenvalue weighted by Crippen LogP contribution is 2.34. The van der Waals surface area contributed by atoms with Gasteiger partial charge in [0.25, 0.3) is 0 Å². The molecular formula is C22H26F3N5O3S. The van der Waals surface area contributed by atoms with Gasteiger partial charge >= 0.3 is 6.18 Å². The van der Waals surface area contributed by atoms with Gasteiger partial charge in [-0.05, 0) is 55.7 Å². The number of fused-ring (bicyclic) bond motifs is 1. The third-order valence-corrected chi connectivity index (χ3v) is 7.12. The van der Waals surface area contributed by atoms with E-state index in [1.165, 1.54) is 18.2 Å². The van der Waals surface area contributed by atoms with Crippen LogP contribution in [0.3, 0.4) is 0 Å². The highest BCUT2D eigenvalue weighted by Gasteiger charge is 2.33. The summed E-state index contributed by atoms with van der Waals surface area (Å²) in [4.78, 5) is 22.8. The number of hydrogen-bond acceptors (Lipinski definition) is 6. The Bertz CT molecular complexity index is 1170. The van der Waals surface area contributed by atoms with Gasteiger partial charge < -0.3 is 9.80 Å². The molecule has 1 amide bonds. The molecule has 8 nitrogen and oxygen atoms in total. The summed E-state index contributed by atoms with van der Waals surface area (Å²) < 4.78 is 61.7. The zero-order chi connectivity index (χ0) is 24.7. The molecule has 1 fully saturated rings. The summed E-state index contributed by atoms with van der Waals surface area (Å²) in [5, 5.41) is 5.22. The van der Waals surface area contributed by atoms with Crippen LogP contribution in [0.2, 0.25) is 0 Å². The summed E-state index contributed by atoms with van der Waals surface area (Å²) in [5.74, 6) is 0.393. The number of aromatic nitrogens is 1. The highest BCUT2D eigenvalue weighted by atomic mass is 32.2. The molecule has 1 unspecified atom stereocenters. The number of anilines is 2. The molecule has 2 aromatic rings. The number of halogens is 3. The van der Waals surface area contributed by atoms with Gasteiger partial charge in [0.05, 0.1) is 17.0 Å². The number of carbonyl (C=O) groups excluding carboxylic acids is 1. The fourth-order valence-electron chi connectivity index (χ4n) is 4.53. The molecule has 1 saturated heterocycles. The molecule has 2 aliphatic rings. The molecule has 2 N–H and O–H groups in total. The van der Waals surface area contributed by atoms with Crippen LogP contribution in [0.4, 0.5) is 24.7 Å². The van der Waals surface area contributed by atoms with E-state index in [-0.39, 0.29) is 23.4 Å². The fourth-order valence-corrected chi connectivity index (χ4v) is 5.10. The summed E-state index contributed by atoms with van der Waals surface area (Å²) >= 11 is 0. The Morgan fingerprint density at radius 2 is 1.91 bits per heavy atom. The minimum Gasteiger partial charge on any atom is -0.355 e. The van der Waals surface area contributed by atoms with Crippen LogP contribution in [0.5, 0.6) is 0 Å². The Hall–Kier alpha value is -2.70. The van der Waals surface area contributed by atoms with E-state index in [1.54, 1.807) is 11.0 Å². The number of rotatable bonds is 4. The molecule has 1 atom stereocenters. The van der Waals surface area contributed by atoms with E-state index in [1.807, 2.05) is 16.7 Å². The predicted molar refractivity (Wildman–Crippen MR) is 121 cm³/mol. The number of amides is 1. The van der Waals surface area contributed by atoms with Gasteiger partial charge in [0.1, 0.15) is 5.82 Å². The van der Waals surface area contributed by atoms with Crippen molar-refractivity contribution in [3.05, 3.63) is 47.7 Å². The summed E-state index contributed by atoms with van der Waals surface area (Å²) in [5.41, 5.74) is 0.674. The molecule has 4 rings (SSSR count). The van der Waals surface area contributed by atoms with Crippen LogP contribution in [0.15, 0.2) is 41.4 Å². The number of carbonyl (C=O) groups is 1. The molecule has 1 aromatic carbocycles. The number of nitrogens with two attached hydrogens (primary N) is 1. The van der Waals surface area contributed by atoms with Crippen LogP contribution >= 0.6 is 0 Å². The van der Waals surface area contributed by atoms with E-state index in [2.05, 4.69) is 4.98 Å². The van der Waals surface area contributed by atoms with E-state index < -0.39 is 21.8 Å². The van der Waals surface area contributed by atoms with E-state index in [0.29, 0.717) is 44.1 Å². The first kappa shape index (κ1) is 24.4. The first-order valence-electron chi connectivity index (χ1n) is 10.9. The second kappa shape index (κ2) is 9.16. The molecule has 0 saturated carbocycles. The zero-order valence-corrected chi connectivity index (χ0v) is 19.4. The molecule has 34 heavy (non-hydrogen) atoms. The number of sulfonamides is 1. The topological polar surface area (TPSA) is 99.8 Å². The lowest BCUT2D eigenvalue weighted by Gasteiger charge is -2.27. The van der Waals surface area contributed by atoms with Gasteiger partial charge in [0, 0.05) is 44.1 Å². The average Bonchev–Trinajstić information content (AvgIpc) is 2.92. The third-order valence-electron chi connectivity index (χ3n) is 6.21. The maximum Gasteiger partial charge on any atom is 0.417 e. The lowest BCUT2D eigenvalue weighted by atomic mass is 10.1. The quantitative estimate of drug-likeness (QED) is 0.696. The van der Waals surface area contributed by atoms with Gasteiger partial charge in [-0.3, -0.25) is 9.69 Å². The normalized spacial score (nSPS) is 19.7. The van der Waals surface area contributed by atoms with Gasteiger partial charge in [0.15, 0.2) is 0 Å². The van der Waals surface area contributed by atoms with Gasteiger partial charge in [-0.1, -0.05) is 0 Å². The zero-order valence-electron chi connectivity index (χ0n) is 18.6. The third kappa shape index (κ3) is 5.18. The van der Waals surface area contributed by atoms with Crippen LogP contribution in [0.1, 0.15) is 24.5 Å². The first-order valence-corrected chi connectivity index (χ1v) is 12.5. The predicted octanol–water partition coefficient (Wildman–Crippen LogP) is 2.24. The van der Waals surface area contributed by atoms with Crippen LogP contribution in [0, 0.1) is 0 Å². The van der Waals surface area contributed by atoms with Gasteiger partial charge in [-0.25, -0.2) is 18.5 Å². The number of primary sulfonamides is 1. The van der Waals surface area contributed by atoms with Crippen LogP contribution in [0.25, 0.3) is 0 Å². The van der Waals surface area contributed by atoms with Crippen molar-refractivity contribution in [1.29, 1.82) is 0 Å². The largest absolute Gasteiger partial charge is 0.417 e. The minimum atomic E-state index is -4.42. The maximum absolute atomic E-state index is 13.2. The number of pyridine rings is 1. The Labute approximate surface area is 196 Å². The van der Waals surface area contributed by atoms with E-state index in [9.17, 15) is 26.4 Å². The second-order valence-corrected chi connectivity index (χ2v) is 10.2. The number of alkyl halides is 3. The monoisotopic (exact) mass is 497 g/mol. The molecule has 2 aliphatic heterocycles. The van der Waals surface area contributed by atoms with Crippen LogP contribution in [-0.4, -0.2) is 63.0 Å². The molecule has 3 heterocycles. The van der Waals surface area contributed by atoms with Gasteiger partial charge in [-0.2, -0.15) is 13.2 Å². The lowest BCUT2D eigenvalue weighted by molar-refractivity contribution is -0.137. The molecule has 12 heteroatoms. The van der Waals surface area contributed by atoms with Crippen LogP contribution < -0.4 is 14.9 Å². The first-order chi connectivity index (χ1) is 15.9. The van der Waals surface area contributed by atoms with Crippen molar-refractivity contribution in [1.82, 2.24) is 9.88 Å². The van der Waals surface area contributed by atoms with Crippen molar-refractivity contribution in [3.63, 3.8) is 0 Å². The Morgan fingerprint density at radius 3 is 2.56 bits per heavy atom. The van der Waals surface area contributed by atoms with Gasteiger partial charge in [-0.15, -0.1) is 0 Å². The Kier molecular flexibility index (Phi) is 6.58. The Balaban J connectivity index is 1.40. The SMILES string of the molecule is CC1Cc2cc(S(N)(=O)=O)ccc2N1C(=O)CN1CCCN(c2ccc(C(F)(F)F)cn2)CC1. The number of hydrogen-bond donors (Lipinski definition) is 1. The van der Waals surface area contributed by atoms with Crippen molar-refractivity contribution in [2.45, 2.75) is 36.9 Å². The van der Waals surface area contributed by atoms with Crippen molar-refractivity contribution >= 4 is 27.4 Å². The minimum absolute atomic E-state index is 0.0252. The molecule has 0 bridgehead atoms. The molecule has 1 aromatic heterocycles. The summed E-state index contributed by atoms with van der Waals surface area (Å²) in [6.45, 7) is 4.50. The number of nitrogens with zero attached hydrogens (tertiary/aromatic N) is 4. The van der Waals surface area contributed by atoms with Crippen molar-refractivity contribution in [2.24, 2.45) is 5.14 Å². The summed E-state index contributed by atoms with van der Waals surface area (Å²) in [7, 11) is -3.82. The summed E-state index contributed by atoms with van der Waals surface area (Å²) in [6.07, 6.45) is -2.31. The Morgan fingerprint density at radius 1 is 1.15 bits per heavy atom. The van der Waals surface area contributed by atoms with Crippen molar-refractivity contribution < 1.29 is 26.4 Å². The van der Waals surface area contributed by atoms with E-state index >= 15 is 0 Å². The van der Waals surface area contributed by atoms with Crippen molar-refractivity contribution in [3.8, 4) is 0 Å². The average molecular weight is 498 g/mol. The molecule has 184 valence electrons. The molecule has 0 aliphatic carbocycles. The van der Waals surface area contributed by atoms with E-state index in [4.69, 9.17) is 5.14 Å². The summed E-state index contributed by atoms with van der Waals surface area (Å²) in [6, 6.07) is 6.85. The number of benzene rings is 1. The molecule has 0 spiro atoms. The molecular weight excluding hydrogens is 471 g/mol. The smallest absolute Gasteiger partial charge is 0.355 e. The second-order valence-electron chi connectivity index (χ2n) is 8.67. The van der Waals surface area contributed by atoms with Crippen LogP contribution in [-0.2, 0) is 27.4 Å². The molecule has 0 radical (unpaired) electrons. The lowest BCUT2D eigenvalue weighted by Crippen LogP contribution is -2.44. The highest BCUT2D eigenvalue weighted by molar-refractivity contribution is 7.89. The maximum atomic E-state index is 13.2.